The van der Waals surface area contributed by atoms with Gasteiger partial charge in [-0.3, -0.25) is 4.79 Å². The second-order valence-corrected chi connectivity index (χ2v) is 6.09. The molecule has 2 aliphatic rings. The average Bonchev–Trinajstić information content (AvgIpc) is 3.15. The highest BCUT2D eigenvalue weighted by atomic mass is 35.5. The highest BCUT2D eigenvalue weighted by Crippen LogP contribution is 2.29. The lowest BCUT2D eigenvalue weighted by atomic mass is 9.99. The average molecular weight is 291 g/mol. The van der Waals surface area contributed by atoms with Crippen molar-refractivity contribution in [1.82, 2.24) is 10.2 Å². The minimum absolute atomic E-state index is 0.0251. The van der Waals surface area contributed by atoms with E-state index in [9.17, 15) is 4.79 Å². The van der Waals surface area contributed by atoms with E-state index >= 15 is 0 Å². The van der Waals surface area contributed by atoms with Crippen molar-refractivity contribution in [1.29, 1.82) is 0 Å². The summed E-state index contributed by atoms with van der Waals surface area (Å²) in [6.45, 7) is 3.27. The van der Waals surface area contributed by atoms with Crippen LogP contribution < -0.4 is 5.32 Å². The molecule has 2 bridgehead atoms. The summed E-state index contributed by atoms with van der Waals surface area (Å²) >= 11 is 6.04. The van der Waals surface area contributed by atoms with Crippen LogP contribution in [-0.4, -0.2) is 36.5 Å². The van der Waals surface area contributed by atoms with Crippen molar-refractivity contribution < 1.29 is 9.21 Å². The second-order valence-electron chi connectivity index (χ2n) is 5.68. The molecule has 1 amide bonds. The van der Waals surface area contributed by atoms with E-state index in [2.05, 4.69) is 10.2 Å². The fourth-order valence-corrected chi connectivity index (χ4v) is 3.53. The molecule has 2 aromatic rings. The van der Waals surface area contributed by atoms with Gasteiger partial charge in [-0.2, -0.15) is 0 Å². The van der Waals surface area contributed by atoms with E-state index in [1.807, 2.05) is 0 Å². The van der Waals surface area contributed by atoms with Crippen LogP contribution in [0.4, 0.5) is 0 Å². The van der Waals surface area contributed by atoms with Gasteiger partial charge in [0.2, 0.25) is 0 Å². The molecule has 20 heavy (non-hydrogen) atoms. The van der Waals surface area contributed by atoms with Crippen molar-refractivity contribution in [3.05, 3.63) is 35.0 Å². The maximum absolute atomic E-state index is 12.4. The summed E-state index contributed by atoms with van der Waals surface area (Å²) in [6.07, 6.45) is 2.69. The van der Waals surface area contributed by atoms with Crippen molar-refractivity contribution in [2.75, 3.05) is 19.6 Å². The number of carbonyl (C=O) groups excluding carboxylic acids is 1. The Labute approximate surface area is 121 Å². The number of benzene rings is 1. The minimum Gasteiger partial charge on any atom is -0.463 e. The van der Waals surface area contributed by atoms with Gasteiger partial charge in [-0.25, -0.2) is 0 Å². The number of hydrogen-bond donors (Lipinski definition) is 1. The van der Waals surface area contributed by atoms with Crippen LogP contribution >= 0.6 is 11.6 Å². The molecule has 1 aromatic carbocycles. The Kier molecular flexibility index (Phi) is 2.75. The molecule has 4 nitrogen and oxygen atoms in total. The van der Waals surface area contributed by atoms with Gasteiger partial charge in [-0.05, 0) is 37.1 Å². The monoisotopic (exact) mass is 290 g/mol. The lowest BCUT2D eigenvalue weighted by Crippen LogP contribution is -2.43. The molecule has 0 aliphatic carbocycles. The molecule has 3 atom stereocenters. The van der Waals surface area contributed by atoms with Crippen LogP contribution in [0.25, 0.3) is 11.0 Å². The largest absolute Gasteiger partial charge is 0.463 e. The normalized spacial score (nSPS) is 28.1. The maximum Gasteiger partial charge on any atom is 0.251 e. The molecule has 2 aliphatic heterocycles. The zero-order chi connectivity index (χ0) is 13.7. The number of carbonyl (C=O) groups is 1. The zero-order valence-electron chi connectivity index (χ0n) is 10.9. The first-order chi connectivity index (χ1) is 9.70. The molecule has 0 saturated carbocycles. The van der Waals surface area contributed by atoms with Gasteiger partial charge in [0.15, 0.2) is 0 Å². The van der Waals surface area contributed by atoms with Crippen molar-refractivity contribution in [2.45, 2.75) is 12.5 Å². The Hall–Kier alpha value is -1.52. The lowest BCUT2D eigenvalue weighted by molar-refractivity contribution is 0.0924. The Balaban J connectivity index is 1.56. The van der Waals surface area contributed by atoms with E-state index in [0.29, 0.717) is 22.1 Å². The smallest absolute Gasteiger partial charge is 0.251 e. The highest BCUT2D eigenvalue weighted by molar-refractivity contribution is 6.35. The van der Waals surface area contributed by atoms with Gasteiger partial charge in [0, 0.05) is 30.1 Å². The number of halogens is 1. The molecule has 5 heteroatoms. The molecule has 0 spiro atoms. The van der Waals surface area contributed by atoms with E-state index < -0.39 is 0 Å². The number of rotatable bonds is 2. The lowest BCUT2D eigenvalue weighted by Gasteiger charge is -2.23. The number of amides is 1. The van der Waals surface area contributed by atoms with Gasteiger partial charge >= 0.3 is 0 Å². The van der Waals surface area contributed by atoms with E-state index in [4.69, 9.17) is 16.0 Å². The van der Waals surface area contributed by atoms with Gasteiger partial charge in [0.25, 0.3) is 5.91 Å². The van der Waals surface area contributed by atoms with Crippen LogP contribution in [0.2, 0.25) is 5.02 Å². The van der Waals surface area contributed by atoms with Crippen LogP contribution in [0.5, 0.6) is 0 Å². The Bertz CT molecular complexity index is 682. The Morgan fingerprint density at radius 3 is 3.05 bits per heavy atom. The van der Waals surface area contributed by atoms with Crippen LogP contribution in [0.1, 0.15) is 16.8 Å². The second kappa shape index (κ2) is 4.50. The number of fused-ring (bicyclic) bond motifs is 3. The van der Waals surface area contributed by atoms with Crippen LogP contribution in [0.3, 0.4) is 0 Å². The number of furan rings is 1. The number of nitrogens with one attached hydrogen (secondary N) is 1. The van der Waals surface area contributed by atoms with Crippen molar-refractivity contribution in [3.8, 4) is 0 Å². The van der Waals surface area contributed by atoms with Gasteiger partial charge < -0.3 is 14.6 Å². The number of hydrogen-bond acceptors (Lipinski definition) is 3. The third kappa shape index (κ3) is 1.91. The molecule has 1 N–H and O–H groups in total. The molecule has 2 unspecified atom stereocenters. The first kappa shape index (κ1) is 12.2. The predicted molar refractivity (Wildman–Crippen MR) is 77.0 cm³/mol. The predicted octanol–water partition coefficient (Wildman–Crippen LogP) is 2.52. The topological polar surface area (TPSA) is 45.5 Å². The highest BCUT2D eigenvalue weighted by Gasteiger charge is 2.38. The van der Waals surface area contributed by atoms with Crippen molar-refractivity contribution >= 4 is 28.5 Å². The molecular weight excluding hydrogens is 276 g/mol. The Morgan fingerprint density at radius 1 is 1.40 bits per heavy atom. The minimum atomic E-state index is -0.0251. The fourth-order valence-electron chi connectivity index (χ4n) is 3.34. The summed E-state index contributed by atoms with van der Waals surface area (Å²) < 4.78 is 5.29. The molecule has 3 heterocycles. The third-order valence-corrected chi connectivity index (χ3v) is 4.73. The summed E-state index contributed by atoms with van der Waals surface area (Å²) in [5, 5.41) is 4.48. The van der Waals surface area contributed by atoms with Gasteiger partial charge in [0.1, 0.15) is 11.8 Å². The summed E-state index contributed by atoms with van der Waals surface area (Å²) in [5.74, 6) is 0.586. The quantitative estimate of drug-likeness (QED) is 0.924. The van der Waals surface area contributed by atoms with Crippen LogP contribution in [0, 0.1) is 5.92 Å². The SMILES string of the molecule is O=C(NC1CN2CC[C@H]1C2)c1ccc2occ(Cl)c2c1. The van der Waals surface area contributed by atoms with Gasteiger partial charge in [0.05, 0.1) is 5.02 Å². The van der Waals surface area contributed by atoms with E-state index in [1.165, 1.54) is 19.2 Å². The molecule has 104 valence electrons. The molecule has 4 rings (SSSR count). The van der Waals surface area contributed by atoms with Crippen LogP contribution in [0.15, 0.2) is 28.9 Å². The molecule has 2 saturated heterocycles. The van der Waals surface area contributed by atoms with Crippen LogP contribution in [-0.2, 0) is 0 Å². The zero-order valence-corrected chi connectivity index (χ0v) is 11.7. The van der Waals surface area contributed by atoms with E-state index in [-0.39, 0.29) is 11.9 Å². The van der Waals surface area contributed by atoms with E-state index in [1.54, 1.807) is 18.2 Å². The standard InChI is InChI=1S/C15H15ClN2O2/c16-12-8-20-14-2-1-9(5-11(12)14)15(19)17-13-7-18-4-3-10(13)6-18/h1-2,5,8,10,13H,3-4,6-7H2,(H,17,19)/t10-,13?/m0/s1. The van der Waals surface area contributed by atoms with Gasteiger partial charge in [-0.1, -0.05) is 11.6 Å². The molecule has 0 radical (unpaired) electrons. The summed E-state index contributed by atoms with van der Waals surface area (Å²) in [6, 6.07) is 5.65. The molecular formula is C15H15ClN2O2. The summed E-state index contributed by atoms with van der Waals surface area (Å²) in [4.78, 5) is 14.8. The first-order valence-corrected chi connectivity index (χ1v) is 7.28. The third-order valence-electron chi connectivity index (χ3n) is 4.44. The molecule has 2 fully saturated rings. The number of nitrogens with zero attached hydrogens (tertiary/aromatic N) is 1. The van der Waals surface area contributed by atoms with Gasteiger partial charge in [-0.15, -0.1) is 0 Å². The van der Waals surface area contributed by atoms with Crippen molar-refractivity contribution in [3.63, 3.8) is 0 Å². The first-order valence-electron chi connectivity index (χ1n) is 6.91. The fraction of sp³-hybridized carbons (Fsp3) is 0.400. The Morgan fingerprint density at radius 2 is 2.30 bits per heavy atom. The summed E-state index contributed by atoms with van der Waals surface area (Å²) in [5.41, 5.74) is 1.34. The summed E-state index contributed by atoms with van der Waals surface area (Å²) in [7, 11) is 0. The number of piperidine rings is 1. The molecule has 1 aromatic heterocycles. The van der Waals surface area contributed by atoms with Crippen molar-refractivity contribution in [2.24, 2.45) is 5.92 Å². The maximum atomic E-state index is 12.4. The van der Waals surface area contributed by atoms with E-state index in [0.717, 1.165) is 18.5 Å².